The van der Waals surface area contributed by atoms with Crippen molar-refractivity contribution in [2.75, 3.05) is 13.1 Å². The lowest BCUT2D eigenvalue weighted by atomic mass is 9.97. The molecule has 0 atom stereocenters. The Hall–Kier alpha value is -1.83. The summed E-state index contributed by atoms with van der Waals surface area (Å²) in [6, 6.07) is 13.1. The Morgan fingerprint density at radius 2 is 2.00 bits per heavy atom. The molecule has 1 N–H and O–H groups in total. The van der Waals surface area contributed by atoms with E-state index in [2.05, 4.69) is 53.6 Å². The molecule has 0 aliphatic carbocycles. The van der Waals surface area contributed by atoms with E-state index < -0.39 is 0 Å². The molecular weight excluding hydrogens is 220 g/mol. The first-order valence-electron chi connectivity index (χ1n) is 6.59. The summed E-state index contributed by atoms with van der Waals surface area (Å²) < 4.78 is 0. The first-order valence-corrected chi connectivity index (χ1v) is 6.59. The van der Waals surface area contributed by atoms with Crippen LogP contribution in [0, 0.1) is 6.92 Å². The molecule has 1 aliphatic rings. The average Bonchev–Trinajstić information content (AvgIpc) is 2.91. The van der Waals surface area contributed by atoms with Crippen LogP contribution in [0.2, 0.25) is 0 Å². The third-order valence-corrected chi connectivity index (χ3v) is 3.69. The Labute approximate surface area is 108 Å². The average molecular weight is 238 g/mol. The number of fused-ring (bicyclic) bond motifs is 1. The van der Waals surface area contributed by atoms with Gasteiger partial charge < -0.3 is 5.32 Å². The van der Waals surface area contributed by atoms with Crippen molar-refractivity contribution in [1.82, 2.24) is 5.32 Å². The number of benzene rings is 2. The van der Waals surface area contributed by atoms with E-state index >= 15 is 0 Å². The van der Waals surface area contributed by atoms with Crippen LogP contribution in [0.1, 0.15) is 17.5 Å². The first kappa shape index (κ1) is 11.3. The van der Waals surface area contributed by atoms with Gasteiger partial charge in [-0.3, -0.25) is 4.99 Å². The summed E-state index contributed by atoms with van der Waals surface area (Å²) in [5, 5.41) is 6.03. The fourth-order valence-electron chi connectivity index (χ4n) is 2.61. The molecule has 2 aromatic carbocycles. The predicted molar refractivity (Wildman–Crippen MR) is 77.3 cm³/mol. The molecule has 3 rings (SSSR count). The molecule has 0 spiro atoms. The van der Waals surface area contributed by atoms with Crippen LogP contribution in [0.4, 0.5) is 0 Å². The van der Waals surface area contributed by atoms with E-state index in [4.69, 9.17) is 0 Å². The molecule has 0 aromatic heterocycles. The highest BCUT2D eigenvalue weighted by Gasteiger charge is 2.07. The fraction of sp³-hybridized carbons (Fsp3) is 0.312. The first-order chi connectivity index (χ1) is 8.84. The molecule has 0 amide bonds. The SMILES string of the molecule is Cc1c(CCC2=NCCN2)ccc2ccccc12. The van der Waals surface area contributed by atoms with Crippen molar-refractivity contribution in [2.24, 2.45) is 4.99 Å². The summed E-state index contributed by atoms with van der Waals surface area (Å²) in [5.74, 6) is 1.17. The van der Waals surface area contributed by atoms with E-state index in [-0.39, 0.29) is 0 Å². The van der Waals surface area contributed by atoms with Gasteiger partial charge in [0.2, 0.25) is 0 Å². The van der Waals surface area contributed by atoms with Gasteiger partial charge in [0.05, 0.1) is 12.4 Å². The molecule has 0 unspecified atom stereocenters. The smallest absolute Gasteiger partial charge is 0.0967 e. The zero-order valence-corrected chi connectivity index (χ0v) is 10.7. The molecule has 0 radical (unpaired) electrons. The van der Waals surface area contributed by atoms with Gasteiger partial charge in [-0.25, -0.2) is 0 Å². The standard InChI is InChI=1S/C16H18N2/c1-12-13(8-9-16-17-10-11-18-16)6-7-14-4-2-3-5-15(12)14/h2-7H,8-11H2,1H3,(H,17,18). The molecule has 1 heterocycles. The Balaban J connectivity index is 1.85. The number of nitrogens with one attached hydrogen (secondary N) is 1. The predicted octanol–water partition coefficient (Wildman–Crippen LogP) is 3.08. The molecule has 1 aliphatic heterocycles. The molecule has 18 heavy (non-hydrogen) atoms. The van der Waals surface area contributed by atoms with E-state index in [0.717, 1.165) is 25.9 Å². The molecular formula is C16H18N2. The molecule has 0 saturated carbocycles. The van der Waals surface area contributed by atoms with Gasteiger partial charge in [0.25, 0.3) is 0 Å². The molecule has 0 bridgehead atoms. The molecule has 2 aromatic rings. The number of rotatable bonds is 3. The number of aliphatic imine (C=N–C) groups is 1. The lowest BCUT2D eigenvalue weighted by Crippen LogP contribution is -2.18. The quantitative estimate of drug-likeness (QED) is 0.873. The maximum absolute atomic E-state index is 4.45. The number of aryl methyl sites for hydroxylation is 2. The lowest BCUT2D eigenvalue weighted by molar-refractivity contribution is 0.932. The Bertz CT molecular complexity index is 599. The molecule has 92 valence electrons. The topological polar surface area (TPSA) is 24.4 Å². The summed E-state index contributed by atoms with van der Waals surface area (Å²) in [5.41, 5.74) is 2.84. The van der Waals surface area contributed by atoms with E-state index in [1.807, 2.05) is 0 Å². The van der Waals surface area contributed by atoms with Gasteiger partial charge in [-0.15, -0.1) is 0 Å². The van der Waals surface area contributed by atoms with Gasteiger partial charge in [0.1, 0.15) is 0 Å². The summed E-state index contributed by atoms with van der Waals surface area (Å²) in [7, 11) is 0. The summed E-state index contributed by atoms with van der Waals surface area (Å²) in [4.78, 5) is 4.45. The van der Waals surface area contributed by atoms with E-state index in [1.165, 1.54) is 27.7 Å². The van der Waals surface area contributed by atoms with Gasteiger partial charge in [-0.1, -0.05) is 36.4 Å². The second kappa shape index (κ2) is 4.81. The third-order valence-electron chi connectivity index (χ3n) is 3.69. The van der Waals surface area contributed by atoms with Crippen LogP contribution in [0.3, 0.4) is 0 Å². The van der Waals surface area contributed by atoms with Gasteiger partial charge >= 0.3 is 0 Å². The highest BCUT2D eigenvalue weighted by molar-refractivity contribution is 5.87. The monoisotopic (exact) mass is 238 g/mol. The van der Waals surface area contributed by atoms with E-state index in [0.29, 0.717) is 0 Å². The lowest BCUT2D eigenvalue weighted by Gasteiger charge is -2.09. The van der Waals surface area contributed by atoms with Crippen molar-refractivity contribution in [2.45, 2.75) is 19.8 Å². The number of nitrogens with zero attached hydrogens (tertiary/aromatic N) is 1. The minimum Gasteiger partial charge on any atom is -0.372 e. The third kappa shape index (κ3) is 2.10. The summed E-state index contributed by atoms with van der Waals surface area (Å²) in [6.45, 7) is 4.17. The number of hydrogen-bond donors (Lipinski definition) is 1. The molecule has 2 heteroatoms. The zero-order valence-electron chi connectivity index (χ0n) is 10.7. The van der Waals surface area contributed by atoms with Crippen LogP contribution in [-0.4, -0.2) is 18.9 Å². The van der Waals surface area contributed by atoms with Crippen LogP contribution in [0.5, 0.6) is 0 Å². The summed E-state index contributed by atoms with van der Waals surface area (Å²) in [6.07, 6.45) is 2.10. The van der Waals surface area contributed by atoms with Crippen LogP contribution < -0.4 is 5.32 Å². The fourth-order valence-corrected chi connectivity index (χ4v) is 2.61. The van der Waals surface area contributed by atoms with Crippen LogP contribution >= 0.6 is 0 Å². The van der Waals surface area contributed by atoms with Crippen molar-refractivity contribution in [1.29, 1.82) is 0 Å². The Kier molecular flexibility index (Phi) is 3.01. The van der Waals surface area contributed by atoms with Gasteiger partial charge in [0, 0.05) is 13.0 Å². The van der Waals surface area contributed by atoms with Crippen LogP contribution in [0.25, 0.3) is 10.8 Å². The number of amidine groups is 1. The maximum Gasteiger partial charge on any atom is 0.0967 e. The van der Waals surface area contributed by atoms with Crippen molar-refractivity contribution in [3.05, 3.63) is 47.5 Å². The minimum absolute atomic E-state index is 0.937. The second-order valence-corrected chi connectivity index (χ2v) is 4.83. The summed E-state index contributed by atoms with van der Waals surface area (Å²) >= 11 is 0. The highest BCUT2D eigenvalue weighted by atomic mass is 15.1. The Morgan fingerprint density at radius 1 is 1.11 bits per heavy atom. The largest absolute Gasteiger partial charge is 0.372 e. The molecule has 0 saturated heterocycles. The van der Waals surface area contributed by atoms with Crippen molar-refractivity contribution < 1.29 is 0 Å². The van der Waals surface area contributed by atoms with E-state index in [1.54, 1.807) is 0 Å². The van der Waals surface area contributed by atoms with E-state index in [9.17, 15) is 0 Å². The van der Waals surface area contributed by atoms with Gasteiger partial charge in [-0.05, 0) is 35.2 Å². The minimum atomic E-state index is 0.937. The highest BCUT2D eigenvalue weighted by Crippen LogP contribution is 2.22. The van der Waals surface area contributed by atoms with Crippen LogP contribution in [-0.2, 0) is 6.42 Å². The van der Waals surface area contributed by atoms with Crippen molar-refractivity contribution >= 4 is 16.6 Å². The Morgan fingerprint density at radius 3 is 2.83 bits per heavy atom. The maximum atomic E-state index is 4.45. The molecule has 2 nitrogen and oxygen atoms in total. The van der Waals surface area contributed by atoms with Gasteiger partial charge in [-0.2, -0.15) is 0 Å². The zero-order chi connectivity index (χ0) is 12.4. The normalized spacial score (nSPS) is 14.6. The van der Waals surface area contributed by atoms with Crippen molar-refractivity contribution in [3.8, 4) is 0 Å². The van der Waals surface area contributed by atoms with Crippen LogP contribution in [0.15, 0.2) is 41.4 Å². The van der Waals surface area contributed by atoms with Gasteiger partial charge in [0.15, 0.2) is 0 Å². The molecule has 0 fully saturated rings. The number of hydrogen-bond acceptors (Lipinski definition) is 2. The van der Waals surface area contributed by atoms with Crippen molar-refractivity contribution in [3.63, 3.8) is 0 Å². The second-order valence-electron chi connectivity index (χ2n) is 4.83.